The Labute approximate surface area is 74.2 Å². The molecule has 0 saturated carbocycles. The fourth-order valence-corrected chi connectivity index (χ4v) is 0.956. The van der Waals surface area contributed by atoms with Crippen molar-refractivity contribution in [1.82, 2.24) is 0 Å². The molecule has 12 heavy (non-hydrogen) atoms. The summed E-state index contributed by atoms with van der Waals surface area (Å²) < 4.78 is 0. The molecule has 1 unspecified atom stereocenters. The normalized spacial score (nSPS) is 13.2. The molecule has 0 aromatic rings. The van der Waals surface area contributed by atoms with E-state index in [1.165, 1.54) is 5.57 Å². The molecule has 2 N–H and O–H groups in total. The van der Waals surface area contributed by atoms with E-state index in [1.807, 2.05) is 0 Å². The van der Waals surface area contributed by atoms with Crippen molar-refractivity contribution in [3.05, 3.63) is 24.0 Å². The number of hydrogen-bond donors (Lipinski definition) is 2. The Morgan fingerprint density at radius 3 is 2.50 bits per heavy atom. The van der Waals surface area contributed by atoms with Gasteiger partial charge >= 0.3 is 0 Å². The van der Waals surface area contributed by atoms with Crippen LogP contribution in [0.25, 0.3) is 0 Å². The van der Waals surface area contributed by atoms with Gasteiger partial charge in [0.2, 0.25) is 0 Å². The highest BCUT2D eigenvalue weighted by atomic mass is 16.3. The van der Waals surface area contributed by atoms with Crippen molar-refractivity contribution in [2.45, 2.75) is 26.7 Å². The van der Waals surface area contributed by atoms with E-state index in [9.17, 15) is 0 Å². The molecule has 0 heterocycles. The first-order valence-corrected chi connectivity index (χ1v) is 4.25. The monoisotopic (exact) mass is 170 g/mol. The lowest BCUT2D eigenvalue weighted by molar-refractivity contribution is 0.244. The van der Waals surface area contributed by atoms with Crippen molar-refractivity contribution in [1.29, 1.82) is 0 Å². The third-order valence-corrected chi connectivity index (χ3v) is 1.68. The average molecular weight is 170 g/mol. The van der Waals surface area contributed by atoms with E-state index in [0.717, 1.165) is 19.1 Å². The summed E-state index contributed by atoms with van der Waals surface area (Å²) in [5, 5.41) is 17.3. The third-order valence-electron chi connectivity index (χ3n) is 1.68. The topological polar surface area (TPSA) is 40.5 Å². The molecular weight excluding hydrogens is 152 g/mol. The summed E-state index contributed by atoms with van der Waals surface area (Å²) in [7, 11) is 0. The first-order chi connectivity index (χ1) is 5.70. The van der Waals surface area contributed by atoms with Crippen molar-refractivity contribution < 1.29 is 10.2 Å². The molecule has 0 aliphatic heterocycles. The minimum Gasteiger partial charge on any atom is -0.516 e. The van der Waals surface area contributed by atoms with Crippen LogP contribution in [0.4, 0.5) is 0 Å². The van der Waals surface area contributed by atoms with E-state index in [-0.39, 0.29) is 12.5 Å². The van der Waals surface area contributed by atoms with Crippen molar-refractivity contribution in [2.24, 2.45) is 5.92 Å². The second kappa shape index (κ2) is 6.92. The summed E-state index contributed by atoms with van der Waals surface area (Å²) in [6.45, 7) is 4.21. The van der Waals surface area contributed by atoms with E-state index in [1.54, 1.807) is 6.08 Å². The Morgan fingerprint density at radius 1 is 1.42 bits per heavy atom. The Morgan fingerprint density at radius 2 is 2.08 bits per heavy atom. The molecule has 0 aromatic carbocycles. The van der Waals surface area contributed by atoms with Gasteiger partial charge in [0.25, 0.3) is 0 Å². The van der Waals surface area contributed by atoms with E-state index in [2.05, 4.69) is 19.9 Å². The SMILES string of the molecule is CC(C)=CCCC(/C=C/O)CO. The van der Waals surface area contributed by atoms with Gasteiger partial charge in [-0.25, -0.2) is 0 Å². The zero-order valence-corrected chi connectivity index (χ0v) is 7.83. The van der Waals surface area contributed by atoms with Crippen molar-refractivity contribution >= 4 is 0 Å². The second-order valence-corrected chi connectivity index (χ2v) is 3.14. The van der Waals surface area contributed by atoms with E-state index in [4.69, 9.17) is 10.2 Å². The van der Waals surface area contributed by atoms with E-state index in [0.29, 0.717) is 0 Å². The molecule has 0 bridgehead atoms. The van der Waals surface area contributed by atoms with Gasteiger partial charge in [0, 0.05) is 12.5 Å². The molecule has 0 radical (unpaired) electrons. The molecule has 2 nitrogen and oxygen atoms in total. The Kier molecular flexibility index (Phi) is 6.48. The lowest BCUT2D eigenvalue weighted by Crippen LogP contribution is -2.01. The van der Waals surface area contributed by atoms with Crippen LogP contribution in [0.2, 0.25) is 0 Å². The molecule has 70 valence electrons. The summed E-state index contributed by atoms with van der Waals surface area (Å²) in [5.41, 5.74) is 1.29. The summed E-state index contributed by atoms with van der Waals surface area (Å²) >= 11 is 0. The maximum atomic E-state index is 8.84. The molecule has 0 fully saturated rings. The Balaban J connectivity index is 3.65. The highest BCUT2D eigenvalue weighted by Crippen LogP contribution is 2.08. The van der Waals surface area contributed by atoms with Crippen LogP contribution < -0.4 is 0 Å². The fraction of sp³-hybridized carbons (Fsp3) is 0.600. The van der Waals surface area contributed by atoms with Crippen LogP contribution in [0.3, 0.4) is 0 Å². The first-order valence-electron chi connectivity index (χ1n) is 4.25. The quantitative estimate of drug-likeness (QED) is 0.491. The second-order valence-electron chi connectivity index (χ2n) is 3.14. The lowest BCUT2D eigenvalue weighted by atomic mass is 10.0. The zero-order valence-electron chi connectivity index (χ0n) is 7.83. The first kappa shape index (κ1) is 11.2. The summed E-state index contributed by atoms with van der Waals surface area (Å²) in [6, 6.07) is 0. The van der Waals surface area contributed by atoms with Crippen LogP contribution in [0.15, 0.2) is 24.0 Å². The van der Waals surface area contributed by atoms with Gasteiger partial charge in [0.05, 0.1) is 6.26 Å². The Bertz CT molecular complexity index is 155. The summed E-state index contributed by atoms with van der Waals surface area (Å²) in [5.74, 6) is 0.0885. The van der Waals surface area contributed by atoms with Crippen LogP contribution in [0.5, 0.6) is 0 Å². The summed E-state index contributed by atoms with van der Waals surface area (Å²) in [4.78, 5) is 0. The van der Waals surface area contributed by atoms with Crippen molar-refractivity contribution in [2.75, 3.05) is 6.61 Å². The zero-order chi connectivity index (χ0) is 9.40. The molecule has 0 aliphatic rings. The summed E-state index contributed by atoms with van der Waals surface area (Å²) in [6.07, 6.45) is 6.60. The van der Waals surface area contributed by atoms with Gasteiger partial charge in [0.15, 0.2) is 0 Å². The smallest absolute Gasteiger partial charge is 0.0755 e. The largest absolute Gasteiger partial charge is 0.516 e. The molecule has 0 aliphatic carbocycles. The predicted octanol–water partition coefficient (Wildman–Crippen LogP) is 2.41. The van der Waals surface area contributed by atoms with Crippen LogP contribution in [0, 0.1) is 5.92 Å². The van der Waals surface area contributed by atoms with Gasteiger partial charge in [0.1, 0.15) is 0 Å². The molecule has 0 rings (SSSR count). The van der Waals surface area contributed by atoms with E-state index >= 15 is 0 Å². The number of hydrogen-bond acceptors (Lipinski definition) is 2. The molecular formula is C10H18O2. The maximum Gasteiger partial charge on any atom is 0.0755 e. The van der Waals surface area contributed by atoms with Gasteiger partial charge < -0.3 is 10.2 Å². The number of allylic oxidation sites excluding steroid dienone is 2. The van der Waals surface area contributed by atoms with Crippen LogP contribution in [-0.4, -0.2) is 16.8 Å². The molecule has 0 amide bonds. The van der Waals surface area contributed by atoms with Crippen molar-refractivity contribution in [3.63, 3.8) is 0 Å². The van der Waals surface area contributed by atoms with Gasteiger partial charge in [-0.15, -0.1) is 0 Å². The number of aliphatic hydroxyl groups excluding tert-OH is 2. The van der Waals surface area contributed by atoms with Gasteiger partial charge in [-0.05, 0) is 32.8 Å². The third kappa shape index (κ3) is 5.98. The maximum absolute atomic E-state index is 8.84. The predicted molar refractivity (Wildman–Crippen MR) is 51.0 cm³/mol. The van der Waals surface area contributed by atoms with E-state index < -0.39 is 0 Å². The van der Waals surface area contributed by atoms with Gasteiger partial charge in [-0.2, -0.15) is 0 Å². The van der Waals surface area contributed by atoms with Gasteiger partial charge in [-0.1, -0.05) is 11.6 Å². The molecule has 0 aromatic heterocycles. The van der Waals surface area contributed by atoms with Crippen LogP contribution >= 0.6 is 0 Å². The highest BCUT2D eigenvalue weighted by Gasteiger charge is 2.00. The van der Waals surface area contributed by atoms with Crippen LogP contribution in [0.1, 0.15) is 26.7 Å². The highest BCUT2D eigenvalue weighted by molar-refractivity contribution is 4.94. The van der Waals surface area contributed by atoms with Crippen molar-refractivity contribution in [3.8, 4) is 0 Å². The lowest BCUT2D eigenvalue weighted by Gasteiger charge is -2.05. The number of rotatable bonds is 5. The Hall–Kier alpha value is -0.760. The van der Waals surface area contributed by atoms with Gasteiger partial charge in [-0.3, -0.25) is 0 Å². The minimum absolute atomic E-state index is 0.0885. The standard InChI is InChI=1S/C10H18O2/c1-9(2)4-3-5-10(8-12)6-7-11/h4,6-7,10-12H,3,5,8H2,1-2H3/b7-6+. The minimum atomic E-state index is 0.0885. The molecule has 2 heteroatoms. The molecule has 0 spiro atoms. The number of aliphatic hydroxyl groups is 2. The fourth-order valence-electron chi connectivity index (χ4n) is 0.956. The molecule has 1 atom stereocenters. The molecule has 0 saturated heterocycles. The van der Waals surface area contributed by atoms with Crippen LogP contribution in [-0.2, 0) is 0 Å². The average Bonchev–Trinajstić information content (AvgIpc) is 2.02.